The maximum absolute atomic E-state index is 10.5. The summed E-state index contributed by atoms with van der Waals surface area (Å²) in [7, 11) is 0. The number of carbonyl (C=O) groups is 1. The molecular weight excluding hydrogens is 218 g/mol. The molecule has 1 aromatic carbocycles. The monoisotopic (exact) mass is 237 g/mol. The zero-order valence-electron chi connectivity index (χ0n) is 10.1. The van der Waals surface area contributed by atoms with Crippen LogP contribution in [-0.2, 0) is 4.79 Å². The van der Waals surface area contributed by atoms with Gasteiger partial charge in [-0.15, -0.1) is 0 Å². The highest BCUT2D eigenvalue weighted by molar-refractivity contribution is 5.69. The molecule has 0 aliphatic heterocycles. The molecule has 17 heavy (non-hydrogen) atoms. The topological polar surface area (TPSA) is 58.6 Å². The van der Waals surface area contributed by atoms with Crippen LogP contribution in [0.1, 0.15) is 13.3 Å². The van der Waals surface area contributed by atoms with Gasteiger partial charge in [-0.3, -0.25) is 4.79 Å². The third-order valence-corrected chi connectivity index (χ3v) is 2.38. The Labute approximate surface area is 102 Å². The predicted octanol–water partition coefficient (Wildman–Crippen LogP) is 1.77. The van der Waals surface area contributed by atoms with E-state index in [9.17, 15) is 4.79 Å². The number of ether oxygens (including phenoxy) is 1. The fourth-order valence-electron chi connectivity index (χ4n) is 1.31. The largest absolute Gasteiger partial charge is 0.494 e. The lowest BCUT2D eigenvalue weighted by atomic mass is 10.2. The average molecular weight is 237 g/mol. The summed E-state index contributed by atoms with van der Waals surface area (Å²) >= 11 is 0. The lowest BCUT2D eigenvalue weighted by Crippen LogP contribution is -2.27. The second kappa shape index (κ2) is 7.68. The third-order valence-electron chi connectivity index (χ3n) is 2.38. The molecule has 2 N–H and O–H groups in total. The molecule has 0 saturated carbocycles. The van der Waals surface area contributed by atoms with Crippen molar-refractivity contribution in [1.82, 2.24) is 5.32 Å². The smallest absolute Gasteiger partial charge is 0.307 e. The molecule has 0 radical (unpaired) electrons. The Hall–Kier alpha value is -1.55. The van der Waals surface area contributed by atoms with Crippen molar-refractivity contribution in [1.29, 1.82) is 0 Å². The minimum absolute atomic E-state index is 0.343. The van der Waals surface area contributed by atoms with Gasteiger partial charge in [0, 0.05) is 6.54 Å². The Kier molecular flexibility index (Phi) is 6.10. The molecule has 4 nitrogen and oxygen atoms in total. The number of para-hydroxylation sites is 1. The van der Waals surface area contributed by atoms with Crippen molar-refractivity contribution in [2.24, 2.45) is 5.92 Å². The highest BCUT2D eigenvalue weighted by atomic mass is 16.5. The molecule has 0 aliphatic rings. The molecule has 0 spiro atoms. The summed E-state index contributed by atoms with van der Waals surface area (Å²) in [5, 5.41) is 11.8. The molecule has 1 rings (SSSR count). The molecule has 0 bridgehead atoms. The summed E-state index contributed by atoms with van der Waals surface area (Å²) in [4.78, 5) is 10.5. The van der Waals surface area contributed by atoms with Gasteiger partial charge in [-0.1, -0.05) is 25.1 Å². The van der Waals surface area contributed by atoms with Gasteiger partial charge in [-0.2, -0.15) is 0 Å². The molecule has 0 aliphatic carbocycles. The highest BCUT2D eigenvalue weighted by Crippen LogP contribution is 2.07. The van der Waals surface area contributed by atoms with E-state index in [2.05, 4.69) is 5.32 Å². The van der Waals surface area contributed by atoms with E-state index in [0.29, 0.717) is 13.2 Å². The number of aliphatic carboxylic acids is 1. The summed E-state index contributed by atoms with van der Waals surface area (Å²) in [6.45, 7) is 3.60. The van der Waals surface area contributed by atoms with Gasteiger partial charge in [-0.05, 0) is 25.1 Å². The summed E-state index contributed by atoms with van der Waals surface area (Å²) in [5.41, 5.74) is 0. The van der Waals surface area contributed by atoms with Gasteiger partial charge in [0.15, 0.2) is 0 Å². The van der Waals surface area contributed by atoms with Gasteiger partial charge < -0.3 is 15.2 Å². The fraction of sp³-hybridized carbons (Fsp3) is 0.462. The molecule has 1 aromatic rings. The molecule has 0 saturated heterocycles. The van der Waals surface area contributed by atoms with Gasteiger partial charge in [0.1, 0.15) is 5.75 Å². The lowest BCUT2D eigenvalue weighted by Gasteiger charge is -2.09. The van der Waals surface area contributed by atoms with E-state index in [1.54, 1.807) is 6.92 Å². The van der Waals surface area contributed by atoms with Crippen molar-refractivity contribution in [2.45, 2.75) is 13.3 Å². The van der Waals surface area contributed by atoms with Crippen LogP contribution in [0.25, 0.3) is 0 Å². The number of nitrogens with one attached hydrogen (secondary N) is 1. The molecule has 94 valence electrons. The van der Waals surface area contributed by atoms with Crippen LogP contribution in [0.3, 0.4) is 0 Å². The van der Waals surface area contributed by atoms with Crippen molar-refractivity contribution in [2.75, 3.05) is 19.7 Å². The Morgan fingerprint density at radius 1 is 1.41 bits per heavy atom. The number of carboxylic acid groups (broad SMARTS) is 1. The summed E-state index contributed by atoms with van der Waals surface area (Å²) in [5.74, 6) is -0.241. The van der Waals surface area contributed by atoms with Crippen molar-refractivity contribution in [3.63, 3.8) is 0 Å². The Bertz CT molecular complexity index is 327. The molecule has 1 unspecified atom stereocenters. The van der Waals surface area contributed by atoms with Crippen LogP contribution in [0, 0.1) is 5.92 Å². The SMILES string of the molecule is CC(CNCCCOc1ccccc1)C(=O)O. The Morgan fingerprint density at radius 3 is 2.76 bits per heavy atom. The van der Waals surface area contributed by atoms with Gasteiger partial charge >= 0.3 is 5.97 Å². The molecule has 4 heteroatoms. The van der Waals surface area contributed by atoms with Crippen LogP contribution >= 0.6 is 0 Å². The van der Waals surface area contributed by atoms with Crippen molar-refractivity contribution in [3.05, 3.63) is 30.3 Å². The summed E-state index contributed by atoms with van der Waals surface area (Å²) < 4.78 is 5.50. The average Bonchev–Trinajstić information content (AvgIpc) is 2.34. The van der Waals surface area contributed by atoms with Crippen LogP contribution in [-0.4, -0.2) is 30.8 Å². The first-order valence-corrected chi connectivity index (χ1v) is 5.81. The van der Waals surface area contributed by atoms with Gasteiger partial charge in [-0.25, -0.2) is 0 Å². The summed E-state index contributed by atoms with van der Waals surface area (Å²) in [6, 6.07) is 9.64. The molecule has 0 fully saturated rings. The number of hydrogen-bond donors (Lipinski definition) is 2. The zero-order chi connectivity index (χ0) is 12.5. The van der Waals surface area contributed by atoms with Gasteiger partial charge in [0.25, 0.3) is 0 Å². The maximum atomic E-state index is 10.5. The van der Waals surface area contributed by atoms with E-state index in [-0.39, 0.29) is 5.92 Å². The Balaban J connectivity index is 2.00. The van der Waals surface area contributed by atoms with E-state index in [1.165, 1.54) is 0 Å². The minimum Gasteiger partial charge on any atom is -0.494 e. The number of carboxylic acids is 1. The quantitative estimate of drug-likeness (QED) is 0.676. The molecular formula is C13H19NO3. The van der Waals surface area contributed by atoms with Crippen LogP contribution in [0.15, 0.2) is 30.3 Å². The third kappa shape index (κ3) is 5.92. The molecule has 1 atom stereocenters. The standard InChI is InChI=1S/C13H19NO3/c1-11(13(15)16)10-14-8-5-9-17-12-6-3-2-4-7-12/h2-4,6-7,11,14H,5,8-10H2,1H3,(H,15,16). The van der Waals surface area contributed by atoms with E-state index in [0.717, 1.165) is 18.7 Å². The summed E-state index contributed by atoms with van der Waals surface area (Å²) in [6.07, 6.45) is 0.862. The van der Waals surface area contributed by atoms with E-state index in [1.807, 2.05) is 30.3 Å². The normalized spacial score (nSPS) is 12.1. The lowest BCUT2D eigenvalue weighted by molar-refractivity contribution is -0.140. The van der Waals surface area contributed by atoms with Crippen molar-refractivity contribution >= 4 is 5.97 Å². The second-order valence-electron chi connectivity index (χ2n) is 3.96. The van der Waals surface area contributed by atoms with Crippen LogP contribution in [0.4, 0.5) is 0 Å². The first kappa shape index (κ1) is 13.5. The molecule has 0 amide bonds. The van der Waals surface area contributed by atoms with Crippen LogP contribution in [0.2, 0.25) is 0 Å². The van der Waals surface area contributed by atoms with Crippen LogP contribution in [0.5, 0.6) is 5.75 Å². The molecule has 0 aromatic heterocycles. The number of rotatable bonds is 8. The maximum Gasteiger partial charge on any atom is 0.307 e. The minimum atomic E-state index is -0.766. The zero-order valence-corrected chi connectivity index (χ0v) is 10.1. The number of benzene rings is 1. The first-order chi connectivity index (χ1) is 8.20. The van der Waals surface area contributed by atoms with Gasteiger partial charge in [0.2, 0.25) is 0 Å². The second-order valence-corrected chi connectivity index (χ2v) is 3.96. The highest BCUT2D eigenvalue weighted by Gasteiger charge is 2.08. The molecule has 0 heterocycles. The first-order valence-electron chi connectivity index (χ1n) is 5.81. The van der Waals surface area contributed by atoms with E-state index >= 15 is 0 Å². The number of hydrogen-bond acceptors (Lipinski definition) is 3. The van der Waals surface area contributed by atoms with Crippen molar-refractivity contribution in [3.8, 4) is 5.75 Å². The van der Waals surface area contributed by atoms with Crippen LogP contribution < -0.4 is 10.1 Å². The fourth-order valence-corrected chi connectivity index (χ4v) is 1.31. The predicted molar refractivity (Wildman–Crippen MR) is 66.2 cm³/mol. The van der Waals surface area contributed by atoms with Gasteiger partial charge in [0.05, 0.1) is 12.5 Å². The Morgan fingerprint density at radius 2 is 2.12 bits per heavy atom. The van der Waals surface area contributed by atoms with Crippen molar-refractivity contribution < 1.29 is 14.6 Å². The van der Waals surface area contributed by atoms with E-state index < -0.39 is 5.97 Å². The van der Waals surface area contributed by atoms with E-state index in [4.69, 9.17) is 9.84 Å².